The Morgan fingerprint density at radius 1 is 0.480 bits per heavy atom. The van der Waals surface area contributed by atoms with Crippen LogP contribution in [0.1, 0.15) is 145 Å². The van der Waals surface area contributed by atoms with Crippen molar-refractivity contribution in [1.82, 2.24) is 88.7 Å². The summed E-state index contributed by atoms with van der Waals surface area (Å²) in [6.07, 6.45) is -19.6. The number of fused-ring (bicyclic) bond motifs is 8. The zero-order valence-electron chi connectivity index (χ0n) is 84.8. The van der Waals surface area contributed by atoms with Gasteiger partial charge in [-0.25, -0.2) is 59.8 Å². The average Bonchev–Trinajstić information content (AvgIpc) is 1.59. The minimum atomic E-state index is -5.60. The number of nitrogens with one attached hydrogen (secondary N) is 8. The minimum Gasteiger partial charge on any atom is -0.756 e. The van der Waals surface area contributed by atoms with E-state index in [2.05, 4.69) is 85.9 Å². The normalized spacial score (nSPS) is 27.6. The first-order chi connectivity index (χ1) is 70.5. The molecule has 8 aromatic heterocycles. The Hall–Kier alpha value is -11.2. The number of imidazole rings is 4. The number of benzene rings is 2. The van der Waals surface area contributed by atoms with Gasteiger partial charge in [-0.05, 0) is 47.4 Å². The fourth-order valence-corrected chi connectivity index (χ4v) is 22.8. The standard InChI is InChI=1S/C46H61N11O17P2Si.C43H58N10O17P2Si/c1-24(2)27(58)18-30-50-37-32(40(60)51-30)49-23-57(37)43-36(74-77(9,10)46(5,6)7)35-29(71-43)20-68-75(63,64)72-34-28(21-69-76(65,73-35)67-17-16-47-8)70-42(31(34)52-45(62)66-19-26-14-12-11-13-15-26)56-22-48-33-38(56)53-44(55-41(33)61)54-39(59)25(3)4;1-21(2)24(54)15-27-46-34-29(37(56)47-27)45-20-53(34)40-33(70-73(8,9)43(5,6)7)32-26(67-40)18-65-71(59,60)68-31-25(17-64-72(61,62)69-32)66-39(28(31)48-42(58)63-16-23-13-11-10-12-14-23)52-19-44-30-35(52)49-41(51-38(30)57)50-36(55)22(3)4/h11-15,22-25,28-29,31,34-36,42-43H,16-21H2,1-7,9-10H3,(H,52,62)(H,63,64)(H,50,51,60)(H2,53,54,55,59,61);10-14,19-22,25-26,28,31-33,39-40H,15-18H2,1-9H3,(H,48,58)(H,59,60)(H,61,62)(H,46,47,56)(H2,49,50,51,55,57)/p-1/t28-,29-,31-,34-,35-,36-,42-,43-,76?;25-,26-,28-,31-,32-,33-,39-,40-/m11/s1. The SMILES string of the molecule is CC(C)C(=O)Cc1nc2c(ncn2[C@@H]2O[C@@H]3COP(=O)([O-])O[C@H]4[C@@H](NC(=O)OCc5ccccc5)[C@H](n5cnc6c(=O)[nH]c(NC(=O)C(C)C)nc65)O[C@@H]4COP(=O)(O)O[C@H]3[C@H]2O[Si](C)(C)C(C)(C)C)c(=O)[nH]1.[C-]#[N+]CCOP1(=O)OC[C@H]2O[C@@H](n3cnc4c(=O)[nH]c(NC(=O)C(C)C)nc43)[C@H](NC(=O)OCc3ccccc3)[C@@H]2OP(=O)(O)OC[C@H]2O[C@@H](n3cnc4c(=O)[nH]c(CC(=O)C(C)C)nc43)[C@H](O[Si](C)(C)C(C)(C)C)[C@@H]2O1. The highest BCUT2D eigenvalue weighted by atomic mass is 31.2. The van der Waals surface area contributed by atoms with Crippen molar-refractivity contribution in [1.29, 1.82) is 0 Å². The highest BCUT2D eigenvalue weighted by Gasteiger charge is 2.61. The average molecular weight is 2210 g/mol. The second-order valence-corrected chi connectivity index (χ2v) is 55.8. The molecule has 10 N–H and O–H groups in total. The van der Waals surface area contributed by atoms with Crippen molar-refractivity contribution < 1.29 is 140 Å². The number of carbonyl (C=O) groups excluding carboxylic acids is 6. The number of anilines is 2. The number of aromatic nitrogens is 16. The van der Waals surface area contributed by atoms with Gasteiger partial charge < -0.3 is 86.4 Å². The Labute approximate surface area is 856 Å². The molecule has 20 atom stereocenters. The minimum absolute atomic E-state index is 0.0277. The number of ketones is 2. The number of carbonyl (C=O) groups is 6. The van der Waals surface area contributed by atoms with Crippen molar-refractivity contribution in [2.45, 2.75) is 257 Å². The number of rotatable bonds is 27. The molecule has 0 spiro atoms. The molecule has 0 saturated carbocycles. The summed E-state index contributed by atoms with van der Waals surface area (Å²) in [5.41, 5.74) is -2.90. The molecule has 55 nitrogen and oxygen atoms in total. The Morgan fingerprint density at radius 2 is 0.820 bits per heavy atom. The molecule has 61 heteroatoms. The van der Waals surface area contributed by atoms with E-state index in [1.165, 1.54) is 26.4 Å². The second kappa shape index (κ2) is 45.2. The lowest BCUT2D eigenvalue weighted by molar-refractivity contribution is -0.235. The molecule has 2 aromatic carbocycles. The van der Waals surface area contributed by atoms with E-state index in [0.717, 1.165) is 17.2 Å². The lowest BCUT2D eigenvalue weighted by Gasteiger charge is -2.41. The van der Waals surface area contributed by atoms with Crippen LogP contribution in [0.5, 0.6) is 0 Å². The third-order valence-electron chi connectivity index (χ3n) is 26.2. The van der Waals surface area contributed by atoms with Crippen LogP contribution in [0.3, 0.4) is 0 Å². The smallest absolute Gasteiger partial charge is 0.475 e. The van der Waals surface area contributed by atoms with Gasteiger partial charge >= 0.3 is 35.7 Å². The van der Waals surface area contributed by atoms with E-state index < -0.39 is 247 Å². The van der Waals surface area contributed by atoms with Gasteiger partial charge in [-0.15, -0.1) is 0 Å². The van der Waals surface area contributed by atoms with Crippen molar-refractivity contribution >= 4 is 140 Å². The topological polar surface area (TPSA) is 698 Å². The molecule has 6 fully saturated rings. The van der Waals surface area contributed by atoms with Gasteiger partial charge in [0, 0.05) is 23.7 Å². The van der Waals surface area contributed by atoms with Gasteiger partial charge in [0.1, 0.15) is 116 Å². The van der Waals surface area contributed by atoms with Crippen LogP contribution in [0.25, 0.3) is 49.5 Å². The summed E-state index contributed by atoms with van der Waals surface area (Å²) in [7, 11) is -27.2. The number of alkyl carbamates (subject to hydrolysis) is 2. The highest BCUT2D eigenvalue weighted by molar-refractivity contribution is 7.48. The molecule has 6 aliphatic rings. The molecule has 812 valence electrons. The van der Waals surface area contributed by atoms with Crippen LogP contribution in [0.2, 0.25) is 36.3 Å². The van der Waals surface area contributed by atoms with Gasteiger partial charge in [0.25, 0.3) is 30.1 Å². The summed E-state index contributed by atoms with van der Waals surface area (Å²) in [5, 5.41) is 9.23. The Kier molecular flexibility index (Phi) is 34.0. The van der Waals surface area contributed by atoms with Crippen LogP contribution in [-0.4, -0.2) is 253 Å². The third-order valence-corrected chi connectivity index (χ3v) is 39.6. The molecule has 0 aliphatic carbocycles. The molecule has 10 aromatic rings. The van der Waals surface area contributed by atoms with Crippen LogP contribution in [0.15, 0.2) is 105 Å². The van der Waals surface area contributed by atoms with E-state index in [1.807, 2.05) is 67.7 Å². The number of H-pyrrole nitrogens is 4. The largest absolute Gasteiger partial charge is 0.756 e. The monoisotopic (exact) mass is 2200 g/mol. The fraction of sp³-hybridized carbons (Fsp3) is 0.562. The molecule has 4 amide bonds. The first kappa shape index (κ1) is 113. The third kappa shape index (κ3) is 25.8. The number of hydrogen-bond donors (Lipinski definition) is 10. The molecule has 150 heavy (non-hydrogen) atoms. The van der Waals surface area contributed by atoms with Crippen molar-refractivity contribution in [3.63, 3.8) is 0 Å². The van der Waals surface area contributed by atoms with Gasteiger partial charge in [-0.1, -0.05) is 158 Å². The number of phosphoric acid groups is 4. The number of Topliss-reactive ketones (excluding diaryl/α,β-unsaturated/α-hetero) is 2. The van der Waals surface area contributed by atoms with E-state index in [-0.39, 0.29) is 124 Å². The molecule has 16 rings (SSSR count). The summed E-state index contributed by atoms with van der Waals surface area (Å²) in [6.45, 7) is 35.2. The van der Waals surface area contributed by atoms with Crippen LogP contribution < -0.4 is 48.4 Å². The number of amides is 4. The molecular formula is C89H118N21O34P4Si2-. The molecule has 4 unspecified atom stereocenters. The summed E-state index contributed by atoms with van der Waals surface area (Å²) in [4.78, 5) is 217. The lowest BCUT2D eigenvalue weighted by Crippen LogP contribution is -2.50. The van der Waals surface area contributed by atoms with Crippen molar-refractivity contribution in [3.05, 3.63) is 162 Å². The van der Waals surface area contributed by atoms with Gasteiger partial charge in [-0.2, -0.15) is 9.97 Å². The Bertz CT molecular complexity index is 7200. The van der Waals surface area contributed by atoms with Crippen molar-refractivity contribution in [2.75, 3.05) is 50.2 Å². The molecule has 0 radical (unpaired) electrons. The van der Waals surface area contributed by atoms with E-state index in [9.17, 15) is 76.3 Å². The quantitative estimate of drug-likeness (QED) is 0.00997. The predicted octanol–water partition coefficient (Wildman–Crippen LogP) is 8.54. The number of aromatic amines is 4. The van der Waals surface area contributed by atoms with Crippen LogP contribution in [0, 0.1) is 30.2 Å². The summed E-state index contributed by atoms with van der Waals surface area (Å²) in [6, 6.07) is 14.1. The number of ether oxygens (including phenoxy) is 6. The second-order valence-electron chi connectivity index (χ2n) is 40.5. The van der Waals surface area contributed by atoms with Gasteiger partial charge in [-0.3, -0.25) is 113 Å². The van der Waals surface area contributed by atoms with Gasteiger partial charge in [0.15, 0.2) is 86.2 Å². The summed E-state index contributed by atoms with van der Waals surface area (Å²) in [5.74, 6) is -3.66. The lowest BCUT2D eigenvalue weighted by atomic mass is 10.1. The van der Waals surface area contributed by atoms with Crippen LogP contribution in [-0.2, 0) is 141 Å². The van der Waals surface area contributed by atoms with Crippen LogP contribution >= 0.6 is 31.3 Å². The van der Waals surface area contributed by atoms with Gasteiger partial charge in [0.2, 0.25) is 30.3 Å². The van der Waals surface area contributed by atoms with E-state index >= 15 is 4.57 Å². The van der Waals surface area contributed by atoms with Crippen LogP contribution in [0.4, 0.5) is 21.5 Å². The zero-order chi connectivity index (χ0) is 109. The van der Waals surface area contributed by atoms with E-state index in [4.69, 9.17) is 84.6 Å². The van der Waals surface area contributed by atoms with E-state index in [1.54, 1.807) is 116 Å². The first-order valence-corrected chi connectivity index (χ1v) is 59.5. The predicted molar refractivity (Wildman–Crippen MR) is 529 cm³/mol. The van der Waals surface area contributed by atoms with Crippen molar-refractivity contribution in [3.8, 4) is 0 Å². The zero-order valence-corrected chi connectivity index (χ0v) is 90.3. The molecule has 6 saturated heterocycles. The maximum Gasteiger partial charge on any atom is 0.475 e. The maximum atomic E-state index is 15.3. The molecular weight excluding hydrogens is 2090 g/mol. The number of phosphoric ester groups is 4. The van der Waals surface area contributed by atoms with Gasteiger partial charge in [0.05, 0.1) is 64.6 Å². The fourth-order valence-electron chi connectivity index (χ4n) is 16.0. The highest BCUT2D eigenvalue weighted by Crippen LogP contribution is 2.59. The Balaban J connectivity index is 0.000000224. The van der Waals surface area contributed by atoms with E-state index in [0.29, 0.717) is 11.1 Å². The molecule has 0 bridgehead atoms. The molecule has 6 aliphatic heterocycles. The van der Waals surface area contributed by atoms with Crippen molar-refractivity contribution in [2.24, 2.45) is 23.7 Å². The molecule has 14 heterocycles. The maximum absolute atomic E-state index is 15.3. The first-order valence-electron chi connectivity index (χ1n) is 47.8. The number of hydrogen-bond acceptors (Lipinski definition) is 40. The summed E-state index contributed by atoms with van der Waals surface area (Å²) < 4.78 is 167. The summed E-state index contributed by atoms with van der Waals surface area (Å²) >= 11 is 0. The Morgan fingerprint density at radius 3 is 1.20 bits per heavy atom. The number of nitrogens with zero attached hydrogens (tertiary/aromatic N) is 13.